The zero-order chi connectivity index (χ0) is 20.0. The molecule has 0 bridgehead atoms. The molecule has 0 spiro atoms. The van der Waals surface area contributed by atoms with Crippen LogP contribution in [0.3, 0.4) is 0 Å². The van der Waals surface area contributed by atoms with Crippen molar-refractivity contribution in [3.8, 4) is 17.1 Å². The number of imidazole rings is 1. The van der Waals surface area contributed by atoms with Crippen molar-refractivity contribution in [1.29, 1.82) is 0 Å². The van der Waals surface area contributed by atoms with Crippen LogP contribution in [0.5, 0.6) is 0 Å². The van der Waals surface area contributed by atoms with Gasteiger partial charge in [-0.1, -0.05) is 30.3 Å². The second-order valence-electron chi connectivity index (χ2n) is 6.42. The van der Waals surface area contributed by atoms with Crippen molar-refractivity contribution in [2.24, 2.45) is 0 Å². The van der Waals surface area contributed by atoms with Gasteiger partial charge in [-0.05, 0) is 52.9 Å². The number of non-ortho nitro benzene ring substituents is 1. The maximum atomic E-state index is 11.3. The maximum Gasteiger partial charge on any atom is 0.270 e. The number of hydrogen-bond donors (Lipinski definition) is 0. The average molecular weight is 493 g/mol. The number of aromatic nitrogens is 4. The highest BCUT2D eigenvalue weighted by Gasteiger charge is 2.19. The largest absolute Gasteiger partial charge is 0.275 e. The molecule has 29 heavy (non-hydrogen) atoms. The molecule has 0 fully saturated rings. The van der Waals surface area contributed by atoms with Gasteiger partial charge < -0.3 is 0 Å². The van der Waals surface area contributed by atoms with E-state index >= 15 is 0 Å². The van der Waals surface area contributed by atoms with E-state index in [2.05, 4.69) is 27.6 Å². The molecule has 0 radical (unpaired) electrons. The van der Waals surface area contributed by atoms with E-state index in [1.54, 1.807) is 12.1 Å². The summed E-state index contributed by atoms with van der Waals surface area (Å²) in [6.07, 6.45) is 0. The highest BCUT2D eigenvalue weighted by molar-refractivity contribution is 14.1. The zero-order valence-corrected chi connectivity index (χ0v) is 17.0. The van der Waals surface area contributed by atoms with Gasteiger partial charge in [-0.3, -0.25) is 14.7 Å². The predicted octanol–water partition coefficient (Wildman–Crippen LogP) is 5.15. The molecular formula is C21H12IN5O2. The van der Waals surface area contributed by atoms with E-state index < -0.39 is 4.92 Å². The van der Waals surface area contributed by atoms with E-state index in [0.717, 1.165) is 20.3 Å². The molecule has 140 valence electrons. The van der Waals surface area contributed by atoms with Crippen LogP contribution in [0.25, 0.3) is 39.4 Å². The zero-order valence-electron chi connectivity index (χ0n) is 14.9. The highest BCUT2D eigenvalue weighted by atomic mass is 127. The lowest BCUT2D eigenvalue weighted by Gasteiger charge is -2.09. The van der Waals surface area contributed by atoms with E-state index in [9.17, 15) is 10.1 Å². The molecule has 0 saturated heterocycles. The first-order valence-corrected chi connectivity index (χ1v) is 9.84. The van der Waals surface area contributed by atoms with Crippen LogP contribution in [0.15, 0.2) is 72.8 Å². The van der Waals surface area contributed by atoms with E-state index in [4.69, 9.17) is 9.97 Å². The Morgan fingerprint density at radius 1 is 0.862 bits per heavy atom. The predicted molar refractivity (Wildman–Crippen MR) is 119 cm³/mol. The molecule has 0 aliphatic carbocycles. The first kappa shape index (κ1) is 17.7. The Kier molecular flexibility index (Phi) is 4.20. The summed E-state index contributed by atoms with van der Waals surface area (Å²) in [6.45, 7) is 0. The first-order chi connectivity index (χ1) is 14.1. The molecule has 0 unspecified atom stereocenters. The summed E-state index contributed by atoms with van der Waals surface area (Å²) in [5, 5.41) is 11.3. The molecule has 0 N–H and O–H groups in total. The highest BCUT2D eigenvalue weighted by Crippen LogP contribution is 2.30. The number of para-hydroxylation sites is 2. The maximum absolute atomic E-state index is 11.3. The van der Waals surface area contributed by atoms with Crippen LogP contribution in [0, 0.1) is 13.7 Å². The van der Waals surface area contributed by atoms with Crippen LogP contribution in [-0.2, 0) is 0 Å². The molecule has 0 atom stereocenters. The Morgan fingerprint density at radius 2 is 1.62 bits per heavy atom. The van der Waals surface area contributed by atoms with Gasteiger partial charge in [-0.15, -0.1) is 0 Å². The monoisotopic (exact) mass is 493 g/mol. The van der Waals surface area contributed by atoms with Gasteiger partial charge in [0.05, 0.1) is 21.6 Å². The first-order valence-electron chi connectivity index (χ1n) is 8.76. The minimum atomic E-state index is -0.410. The number of rotatable bonds is 3. The normalized spacial score (nSPS) is 11.2. The third-order valence-electron chi connectivity index (χ3n) is 4.55. The minimum absolute atomic E-state index is 0.00910. The van der Waals surface area contributed by atoms with Gasteiger partial charge in [0, 0.05) is 21.3 Å². The number of halogens is 1. The topological polar surface area (TPSA) is 86.7 Å². The molecule has 0 aliphatic rings. The fourth-order valence-corrected chi connectivity index (χ4v) is 3.80. The average Bonchev–Trinajstić information content (AvgIpc) is 3.10. The minimum Gasteiger partial charge on any atom is -0.275 e. The molecule has 2 heterocycles. The number of benzene rings is 3. The summed E-state index contributed by atoms with van der Waals surface area (Å²) >= 11 is 2.25. The lowest BCUT2D eigenvalue weighted by atomic mass is 10.2. The quantitative estimate of drug-likeness (QED) is 0.197. The molecule has 7 nitrogen and oxygen atoms in total. The lowest BCUT2D eigenvalue weighted by Crippen LogP contribution is -2.00. The second-order valence-corrected chi connectivity index (χ2v) is 7.66. The Hall–Kier alpha value is -3.40. The molecule has 5 rings (SSSR count). The SMILES string of the molecule is O=[N+]([O-])c1cccc(-c2nc3nc4ccccc4nc3n2-c2cccc(I)c2)c1. The van der Waals surface area contributed by atoms with Crippen LogP contribution >= 0.6 is 22.6 Å². The number of hydrogen-bond acceptors (Lipinski definition) is 5. The van der Waals surface area contributed by atoms with Crippen molar-refractivity contribution in [2.75, 3.05) is 0 Å². The van der Waals surface area contributed by atoms with Crippen molar-refractivity contribution in [2.45, 2.75) is 0 Å². The van der Waals surface area contributed by atoms with Gasteiger partial charge in [0.15, 0.2) is 11.3 Å². The third-order valence-corrected chi connectivity index (χ3v) is 5.22. The molecule has 2 aromatic heterocycles. The summed E-state index contributed by atoms with van der Waals surface area (Å²) in [5.74, 6) is 0.556. The summed E-state index contributed by atoms with van der Waals surface area (Å²) in [5.41, 5.74) is 4.11. The molecule has 0 saturated carbocycles. The molecule has 0 aliphatic heterocycles. The van der Waals surface area contributed by atoms with Crippen LogP contribution in [0.1, 0.15) is 0 Å². The van der Waals surface area contributed by atoms with Gasteiger partial charge in [0.25, 0.3) is 5.69 Å². The second kappa shape index (κ2) is 6.89. The number of fused-ring (bicyclic) bond motifs is 2. The number of nitrogens with zero attached hydrogens (tertiary/aromatic N) is 5. The lowest BCUT2D eigenvalue weighted by molar-refractivity contribution is -0.384. The fourth-order valence-electron chi connectivity index (χ4n) is 3.27. The van der Waals surface area contributed by atoms with E-state index in [1.807, 2.05) is 53.1 Å². The van der Waals surface area contributed by atoms with E-state index in [1.165, 1.54) is 12.1 Å². The number of nitro benzene ring substituents is 1. The Balaban J connectivity index is 1.87. The Labute approximate surface area is 178 Å². The Bertz CT molecular complexity index is 1410. The van der Waals surface area contributed by atoms with Crippen LogP contribution in [0.4, 0.5) is 5.69 Å². The van der Waals surface area contributed by atoms with Gasteiger partial charge in [0.1, 0.15) is 5.82 Å². The third kappa shape index (κ3) is 3.11. The van der Waals surface area contributed by atoms with Crippen molar-refractivity contribution in [1.82, 2.24) is 19.5 Å². The van der Waals surface area contributed by atoms with Gasteiger partial charge in [-0.2, -0.15) is 0 Å². The van der Waals surface area contributed by atoms with Crippen molar-refractivity contribution < 1.29 is 4.92 Å². The summed E-state index contributed by atoms with van der Waals surface area (Å²) in [7, 11) is 0. The van der Waals surface area contributed by atoms with E-state index in [-0.39, 0.29) is 5.69 Å². The summed E-state index contributed by atoms with van der Waals surface area (Å²) in [4.78, 5) is 25.0. The number of nitro groups is 1. The molecule has 0 amide bonds. The van der Waals surface area contributed by atoms with Crippen molar-refractivity contribution >= 4 is 50.6 Å². The smallest absolute Gasteiger partial charge is 0.270 e. The van der Waals surface area contributed by atoms with Crippen molar-refractivity contribution in [3.63, 3.8) is 0 Å². The standard InChI is InChI=1S/C21H12IN5O2/c22-14-6-4-7-15(12-14)26-20(13-5-3-8-16(11-13)27(28)29)25-19-21(26)24-18-10-2-1-9-17(18)23-19/h1-12H. The van der Waals surface area contributed by atoms with Crippen molar-refractivity contribution in [3.05, 3.63) is 86.5 Å². The summed E-state index contributed by atoms with van der Waals surface area (Å²) < 4.78 is 2.95. The Morgan fingerprint density at radius 3 is 2.38 bits per heavy atom. The summed E-state index contributed by atoms with van der Waals surface area (Å²) in [6, 6.07) is 22.0. The van der Waals surface area contributed by atoms with Gasteiger partial charge in [0.2, 0.25) is 0 Å². The van der Waals surface area contributed by atoms with Crippen LogP contribution < -0.4 is 0 Å². The van der Waals surface area contributed by atoms with E-state index in [0.29, 0.717) is 22.7 Å². The van der Waals surface area contributed by atoms with Gasteiger partial charge in [-0.25, -0.2) is 15.0 Å². The molecule has 5 aromatic rings. The molecule has 3 aromatic carbocycles. The fraction of sp³-hybridized carbons (Fsp3) is 0. The van der Waals surface area contributed by atoms with Crippen LogP contribution in [0.2, 0.25) is 0 Å². The molecule has 8 heteroatoms. The van der Waals surface area contributed by atoms with Gasteiger partial charge >= 0.3 is 0 Å². The molecular weight excluding hydrogens is 481 g/mol. The van der Waals surface area contributed by atoms with Crippen LogP contribution in [-0.4, -0.2) is 24.4 Å².